The van der Waals surface area contributed by atoms with Gasteiger partial charge in [0, 0.05) is 5.41 Å². The summed E-state index contributed by atoms with van der Waals surface area (Å²) in [5.41, 5.74) is -0.00746. The van der Waals surface area contributed by atoms with Gasteiger partial charge in [0.2, 0.25) is 11.8 Å². The van der Waals surface area contributed by atoms with Crippen molar-refractivity contribution in [3.05, 3.63) is 37.0 Å². The van der Waals surface area contributed by atoms with Gasteiger partial charge in [0.1, 0.15) is 0 Å². The third kappa shape index (κ3) is 1.57. The van der Waals surface area contributed by atoms with Gasteiger partial charge in [0.05, 0.1) is 11.3 Å². The predicted molar refractivity (Wildman–Crippen MR) is 65.9 cm³/mol. The lowest BCUT2D eigenvalue weighted by atomic mass is 9.84. The number of fused-ring (bicyclic) bond motifs is 1. The van der Waals surface area contributed by atoms with Crippen LogP contribution in [0.4, 0.5) is 0 Å². The predicted octanol–water partition coefficient (Wildman–Crippen LogP) is 1.97. The van der Waals surface area contributed by atoms with Crippen LogP contribution in [-0.2, 0) is 9.59 Å². The number of nitrogens with one attached hydrogen (secondary N) is 1. The maximum Gasteiger partial charge on any atom is 0.238 e. The topological polar surface area (TPSA) is 46.2 Å². The van der Waals surface area contributed by atoms with E-state index in [1.165, 1.54) is 0 Å². The molecule has 17 heavy (non-hydrogen) atoms. The van der Waals surface area contributed by atoms with Gasteiger partial charge in [0.25, 0.3) is 0 Å². The number of carbonyl (C=O) groups is 2. The third-order valence-corrected chi connectivity index (χ3v) is 3.71. The molecule has 2 aliphatic rings. The lowest BCUT2D eigenvalue weighted by Gasteiger charge is -2.19. The maximum atomic E-state index is 11.9. The van der Waals surface area contributed by atoms with Crippen molar-refractivity contribution in [2.75, 3.05) is 0 Å². The molecule has 90 valence electrons. The Morgan fingerprint density at radius 1 is 1.47 bits per heavy atom. The summed E-state index contributed by atoms with van der Waals surface area (Å²) >= 11 is 0. The van der Waals surface area contributed by atoms with Crippen LogP contribution in [0.15, 0.2) is 37.0 Å². The molecule has 1 heterocycles. The Morgan fingerprint density at radius 3 is 2.47 bits per heavy atom. The zero-order chi connectivity index (χ0) is 12.8. The van der Waals surface area contributed by atoms with E-state index in [-0.39, 0.29) is 23.1 Å². The molecule has 2 amide bonds. The van der Waals surface area contributed by atoms with Crippen LogP contribution in [0.1, 0.15) is 20.3 Å². The summed E-state index contributed by atoms with van der Waals surface area (Å²) in [5, 5.41) is 2.38. The molecule has 0 unspecified atom stereocenters. The quantitative estimate of drug-likeness (QED) is 0.457. The first-order valence-corrected chi connectivity index (χ1v) is 5.72. The Balaban J connectivity index is 2.40. The standard InChI is InChI=1S/C14H17NO2/c1-5-9(7-13(3,4)6-2)14-8-10(14)11(16)15-12(14)17/h5-7,10H,1-2,8H2,3-4H3,(H,15,16,17)/b9-7+/t10-,14+/m1/s1. The highest BCUT2D eigenvalue weighted by Crippen LogP contribution is 2.61. The Bertz CT molecular complexity index is 459. The number of rotatable bonds is 4. The summed E-state index contributed by atoms with van der Waals surface area (Å²) in [6.45, 7) is 11.5. The molecule has 1 saturated carbocycles. The van der Waals surface area contributed by atoms with Gasteiger partial charge in [0.15, 0.2) is 0 Å². The smallest absolute Gasteiger partial charge is 0.238 e. The summed E-state index contributed by atoms with van der Waals surface area (Å²) in [6.07, 6.45) is 6.09. The average molecular weight is 231 g/mol. The fraction of sp³-hybridized carbons (Fsp3) is 0.429. The minimum atomic E-state index is -0.640. The number of amides is 2. The van der Waals surface area contributed by atoms with Gasteiger partial charge in [-0.15, -0.1) is 6.58 Å². The van der Waals surface area contributed by atoms with Gasteiger partial charge < -0.3 is 0 Å². The molecule has 0 aromatic heterocycles. The molecule has 1 aliphatic carbocycles. The molecule has 1 aliphatic heterocycles. The number of allylic oxidation sites excluding steroid dienone is 3. The van der Waals surface area contributed by atoms with Gasteiger partial charge in [-0.25, -0.2) is 0 Å². The summed E-state index contributed by atoms with van der Waals surface area (Å²) in [4.78, 5) is 23.3. The zero-order valence-corrected chi connectivity index (χ0v) is 10.2. The van der Waals surface area contributed by atoms with Crippen molar-refractivity contribution < 1.29 is 9.59 Å². The summed E-state index contributed by atoms with van der Waals surface area (Å²) in [5.74, 6) is -0.530. The number of hydrogen-bond acceptors (Lipinski definition) is 2. The first-order chi connectivity index (χ1) is 7.87. The molecule has 3 heteroatoms. The minimum absolute atomic E-state index is 0.154. The second-order valence-electron chi connectivity index (χ2n) is 5.38. The van der Waals surface area contributed by atoms with Crippen molar-refractivity contribution >= 4 is 11.8 Å². The molecule has 2 fully saturated rings. The van der Waals surface area contributed by atoms with Gasteiger partial charge >= 0.3 is 0 Å². The average Bonchev–Trinajstić information content (AvgIpc) is 2.97. The van der Waals surface area contributed by atoms with E-state index in [4.69, 9.17) is 0 Å². The van der Waals surface area contributed by atoms with Crippen LogP contribution in [0, 0.1) is 16.7 Å². The lowest BCUT2D eigenvalue weighted by Crippen LogP contribution is -2.29. The van der Waals surface area contributed by atoms with Crippen LogP contribution >= 0.6 is 0 Å². The molecular weight excluding hydrogens is 214 g/mol. The van der Waals surface area contributed by atoms with Crippen LogP contribution in [-0.4, -0.2) is 11.8 Å². The van der Waals surface area contributed by atoms with Crippen LogP contribution in [0.2, 0.25) is 0 Å². The SMILES string of the molecule is C=C/C(=C\C(C)(C)C=C)[C@@]12C[C@@H]1C(=O)NC2=O. The highest BCUT2D eigenvalue weighted by Gasteiger charge is 2.69. The van der Waals surface area contributed by atoms with Crippen molar-refractivity contribution in [2.24, 2.45) is 16.7 Å². The van der Waals surface area contributed by atoms with Crippen molar-refractivity contribution in [3.63, 3.8) is 0 Å². The van der Waals surface area contributed by atoms with E-state index < -0.39 is 5.41 Å². The molecule has 0 spiro atoms. The molecule has 2 rings (SSSR count). The van der Waals surface area contributed by atoms with E-state index in [1.807, 2.05) is 26.0 Å². The van der Waals surface area contributed by atoms with E-state index in [9.17, 15) is 9.59 Å². The first-order valence-electron chi connectivity index (χ1n) is 5.72. The van der Waals surface area contributed by atoms with Gasteiger partial charge in [-0.2, -0.15) is 0 Å². The fourth-order valence-corrected chi connectivity index (χ4v) is 2.42. The van der Waals surface area contributed by atoms with Crippen LogP contribution in [0.25, 0.3) is 0 Å². The van der Waals surface area contributed by atoms with Gasteiger partial charge in [-0.1, -0.05) is 38.7 Å². The number of piperidine rings is 1. The molecule has 0 bridgehead atoms. The second-order valence-corrected chi connectivity index (χ2v) is 5.38. The van der Waals surface area contributed by atoms with Crippen molar-refractivity contribution in [2.45, 2.75) is 20.3 Å². The molecule has 3 nitrogen and oxygen atoms in total. The largest absolute Gasteiger partial charge is 0.295 e. The second kappa shape index (κ2) is 3.42. The highest BCUT2D eigenvalue weighted by molar-refractivity contribution is 6.13. The maximum absolute atomic E-state index is 11.9. The van der Waals surface area contributed by atoms with Gasteiger partial charge in [-0.05, 0) is 12.0 Å². The Hall–Kier alpha value is -1.64. The van der Waals surface area contributed by atoms with Crippen LogP contribution < -0.4 is 5.32 Å². The normalized spacial score (nSPS) is 31.9. The molecule has 0 aromatic carbocycles. The summed E-state index contributed by atoms with van der Waals surface area (Å²) < 4.78 is 0. The first kappa shape index (κ1) is 11.8. The molecule has 0 radical (unpaired) electrons. The van der Waals surface area contributed by atoms with E-state index >= 15 is 0 Å². The van der Waals surface area contributed by atoms with E-state index in [0.717, 1.165) is 5.57 Å². The Labute approximate surface area is 101 Å². The highest BCUT2D eigenvalue weighted by atomic mass is 16.2. The minimum Gasteiger partial charge on any atom is -0.295 e. The number of imide groups is 1. The summed E-state index contributed by atoms with van der Waals surface area (Å²) in [6, 6.07) is 0. The van der Waals surface area contributed by atoms with Gasteiger partial charge in [-0.3, -0.25) is 14.9 Å². The van der Waals surface area contributed by atoms with Crippen molar-refractivity contribution in [1.29, 1.82) is 0 Å². The molecule has 1 N–H and O–H groups in total. The van der Waals surface area contributed by atoms with E-state index in [0.29, 0.717) is 6.42 Å². The zero-order valence-electron chi connectivity index (χ0n) is 10.2. The molecule has 2 atom stereocenters. The van der Waals surface area contributed by atoms with E-state index in [2.05, 4.69) is 18.5 Å². The Kier molecular flexibility index (Phi) is 2.38. The fourth-order valence-electron chi connectivity index (χ4n) is 2.42. The molecule has 0 aromatic rings. The number of hydrogen-bond donors (Lipinski definition) is 1. The van der Waals surface area contributed by atoms with Crippen molar-refractivity contribution in [1.82, 2.24) is 5.32 Å². The Morgan fingerprint density at radius 2 is 2.12 bits per heavy atom. The molecular formula is C14H17NO2. The lowest BCUT2D eigenvalue weighted by molar-refractivity contribution is -0.128. The van der Waals surface area contributed by atoms with Crippen molar-refractivity contribution in [3.8, 4) is 0 Å². The third-order valence-electron chi connectivity index (χ3n) is 3.71. The van der Waals surface area contributed by atoms with Crippen LogP contribution in [0.5, 0.6) is 0 Å². The van der Waals surface area contributed by atoms with E-state index in [1.54, 1.807) is 6.08 Å². The number of carbonyl (C=O) groups excluding carboxylic acids is 2. The summed E-state index contributed by atoms with van der Waals surface area (Å²) in [7, 11) is 0. The molecule has 1 saturated heterocycles. The van der Waals surface area contributed by atoms with Crippen LogP contribution in [0.3, 0.4) is 0 Å². The monoisotopic (exact) mass is 231 g/mol.